The van der Waals surface area contributed by atoms with Crippen molar-refractivity contribution < 1.29 is 4.79 Å². The van der Waals surface area contributed by atoms with Crippen LogP contribution >= 0.6 is 11.3 Å². The first-order valence-electron chi connectivity index (χ1n) is 5.96. The van der Waals surface area contributed by atoms with E-state index in [2.05, 4.69) is 15.5 Å². The maximum absolute atomic E-state index is 11.7. The van der Waals surface area contributed by atoms with Crippen LogP contribution in [0.4, 0.5) is 5.13 Å². The summed E-state index contributed by atoms with van der Waals surface area (Å²) in [6.07, 6.45) is 2.69. The Morgan fingerprint density at radius 1 is 1.42 bits per heavy atom. The normalized spacial score (nSPS) is 10.4. The molecule has 1 amide bonds. The van der Waals surface area contributed by atoms with E-state index < -0.39 is 0 Å². The molecule has 0 aliphatic carbocycles. The molecule has 0 saturated carbocycles. The van der Waals surface area contributed by atoms with E-state index in [1.54, 1.807) is 18.3 Å². The number of hydrogen-bond acceptors (Lipinski definition) is 5. The van der Waals surface area contributed by atoms with E-state index in [4.69, 9.17) is 0 Å². The molecule has 2 heterocycles. The lowest BCUT2D eigenvalue weighted by Gasteiger charge is -2.04. The van der Waals surface area contributed by atoms with Gasteiger partial charge in [-0.3, -0.25) is 9.59 Å². The van der Waals surface area contributed by atoms with Crippen LogP contribution in [0.1, 0.15) is 18.4 Å². The van der Waals surface area contributed by atoms with E-state index in [0.717, 1.165) is 11.4 Å². The second-order valence-corrected chi connectivity index (χ2v) is 4.95. The number of amides is 1. The van der Waals surface area contributed by atoms with Crippen LogP contribution in [0.5, 0.6) is 0 Å². The predicted molar refractivity (Wildman–Crippen MR) is 73.2 cm³/mol. The van der Waals surface area contributed by atoms with Gasteiger partial charge in [-0.05, 0) is 12.5 Å². The highest BCUT2D eigenvalue weighted by Crippen LogP contribution is 2.15. The van der Waals surface area contributed by atoms with Gasteiger partial charge in [-0.15, -0.1) is 10.2 Å². The molecule has 0 radical (unpaired) electrons. The summed E-state index contributed by atoms with van der Waals surface area (Å²) in [6, 6.07) is 4.90. The summed E-state index contributed by atoms with van der Waals surface area (Å²) in [5.74, 6) is -0.172. The SMILES string of the molecule is CCc1nnc(NC(=O)CCn2ccccc2=O)s1. The summed E-state index contributed by atoms with van der Waals surface area (Å²) in [5, 5.41) is 11.8. The molecular formula is C12H14N4O2S. The summed E-state index contributed by atoms with van der Waals surface area (Å²) >= 11 is 1.36. The van der Waals surface area contributed by atoms with Gasteiger partial charge in [0.25, 0.3) is 5.56 Å². The molecule has 2 aromatic heterocycles. The molecule has 19 heavy (non-hydrogen) atoms. The molecule has 0 aliphatic rings. The van der Waals surface area contributed by atoms with Gasteiger partial charge >= 0.3 is 0 Å². The van der Waals surface area contributed by atoms with Crippen molar-refractivity contribution in [1.82, 2.24) is 14.8 Å². The molecule has 0 unspecified atom stereocenters. The van der Waals surface area contributed by atoms with E-state index in [1.807, 2.05) is 6.92 Å². The number of nitrogens with zero attached hydrogens (tertiary/aromatic N) is 3. The zero-order chi connectivity index (χ0) is 13.7. The average Bonchev–Trinajstić information content (AvgIpc) is 2.85. The van der Waals surface area contributed by atoms with Gasteiger partial charge in [0.05, 0.1) is 0 Å². The van der Waals surface area contributed by atoms with Crippen LogP contribution in [-0.4, -0.2) is 20.7 Å². The van der Waals surface area contributed by atoms with Crippen molar-refractivity contribution in [2.75, 3.05) is 5.32 Å². The van der Waals surface area contributed by atoms with Gasteiger partial charge in [0.1, 0.15) is 5.01 Å². The minimum absolute atomic E-state index is 0.112. The number of pyridine rings is 1. The molecule has 2 aromatic rings. The summed E-state index contributed by atoms with van der Waals surface area (Å²) in [7, 11) is 0. The third-order valence-corrected chi connectivity index (χ3v) is 3.48. The molecule has 7 heteroatoms. The number of carbonyl (C=O) groups excluding carboxylic acids is 1. The monoisotopic (exact) mass is 278 g/mol. The first kappa shape index (κ1) is 13.4. The highest BCUT2D eigenvalue weighted by molar-refractivity contribution is 7.15. The Morgan fingerprint density at radius 3 is 2.95 bits per heavy atom. The minimum atomic E-state index is -0.172. The zero-order valence-electron chi connectivity index (χ0n) is 10.5. The minimum Gasteiger partial charge on any atom is -0.315 e. The number of carbonyl (C=O) groups is 1. The molecule has 0 saturated heterocycles. The maximum Gasteiger partial charge on any atom is 0.250 e. The Bertz CT molecular complexity index is 620. The molecule has 1 N–H and O–H groups in total. The first-order valence-corrected chi connectivity index (χ1v) is 6.78. The molecule has 0 atom stereocenters. The topological polar surface area (TPSA) is 76.9 Å². The average molecular weight is 278 g/mol. The quantitative estimate of drug-likeness (QED) is 0.894. The van der Waals surface area contributed by atoms with Gasteiger partial charge in [-0.1, -0.05) is 24.3 Å². The van der Waals surface area contributed by atoms with Crippen LogP contribution in [0.15, 0.2) is 29.2 Å². The van der Waals surface area contributed by atoms with Crippen molar-refractivity contribution in [1.29, 1.82) is 0 Å². The second-order valence-electron chi connectivity index (χ2n) is 3.88. The fraction of sp³-hybridized carbons (Fsp3) is 0.333. The largest absolute Gasteiger partial charge is 0.315 e. The lowest BCUT2D eigenvalue weighted by molar-refractivity contribution is -0.116. The summed E-state index contributed by atoms with van der Waals surface area (Å²) in [6.45, 7) is 2.33. The predicted octanol–water partition coefficient (Wildman–Crippen LogP) is 1.29. The van der Waals surface area contributed by atoms with Gasteiger partial charge in [-0.25, -0.2) is 0 Å². The molecule has 0 aliphatic heterocycles. The Balaban J connectivity index is 1.88. The molecule has 2 rings (SSSR count). The fourth-order valence-electron chi connectivity index (χ4n) is 1.50. The number of rotatable bonds is 5. The van der Waals surface area contributed by atoms with E-state index in [0.29, 0.717) is 11.7 Å². The highest BCUT2D eigenvalue weighted by atomic mass is 32.1. The van der Waals surface area contributed by atoms with Crippen LogP contribution in [-0.2, 0) is 17.8 Å². The highest BCUT2D eigenvalue weighted by Gasteiger charge is 2.07. The van der Waals surface area contributed by atoms with Gasteiger partial charge < -0.3 is 9.88 Å². The van der Waals surface area contributed by atoms with Crippen molar-refractivity contribution in [3.8, 4) is 0 Å². The molecule has 0 bridgehead atoms. The second kappa shape index (κ2) is 6.24. The van der Waals surface area contributed by atoms with Crippen molar-refractivity contribution in [3.63, 3.8) is 0 Å². The molecule has 6 nitrogen and oxygen atoms in total. The fourth-order valence-corrected chi connectivity index (χ4v) is 2.19. The Morgan fingerprint density at radius 2 is 2.26 bits per heavy atom. The van der Waals surface area contributed by atoms with Crippen LogP contribution in [0.25, 0.3) is 0 Å². The van der Waals surface area contributed by atoms with E-state index >= 15 is 0 Å². The lowest BCUT2D eigenvalue weighted by atomic mass is 10.4. The number of nitrogens with one attached hydrogen (secondary N) is 1. The first-order chi connectivity index (χ1) is 9.19. The number of aryl methyl sites for hydroxylation is 2. The summed E-state index contributed by atoms with van der Waals surface area (Å²) in [4.78, 5) is 23.2. The molecular weight excluding hydrogens is 264 g/mol. The van der Waals surface area contributed by atoms with Gasteiger partial charge in [0, 0.05) is 25.2 Å². The van der Waals surface area contributed by atoms with E-state index in [1.165, 1.54) is 22.0 Å². The van der Waals surface area contributed by atoms with Crippen molar-refractivity contribution in [2.24, 2.45) is 0 Å². The molecule has 0 aromatic carbocycles. The Hall–Kier alpha value is -2.02. The number of aromatic nitrogens is 3. The summed E-state index contributed by atoms with van der Waals surface area (Å²) in [5.41, 5.74) is -0.112. The zero-order valence-corrected chi connectivity index (χ0v) is 11.3. The third-order valence-electron chi connectivity index (χ3n) is 2.49. The van der Waals surface area contributed by atoms with Crippen LogP contribution in [0, 0.1) is 0 Å². The lowest BCUT2D eigenvalue weighted by Crippen LogP contribution is -2.21. The molecule has 0 spiro atoms. The van der Waals surface area contributed by atoms with Gasteiger partial charge in [0.15, 0.2) is 0 Å². The summed E-state index contributed by atoms with van der Waals surface area (Å²) < 4.78 is 1.50. The van der Waals surface area contributed by atoms with Crippen molar-refractivity contribution in [2.45, 2.75) is 26.3 Å². The third kappa shape index (κ3) is 3.72. The smallest absolute Gasteiger partial charge is 0.250 e. The van der Waals surface area contributed by atoms with Crippen LogP contribution in [0.3, 0.4) is 0 Å². The van der Waals surface area contributed by atoms with Crippen molar-refractivity contribution in [3.05, 3.63) is 39.8 Å². The Kier molecular flexibility index (Phi) is 4.40. The van der Waals surface area contributed by atoms with Crippen LogP contribution < -0.4 is 10.9 Å². The van der Waals surface area contributed by atoms with E-state index in [-0.39, 0.29) is 17.9 Å². The Labute approximate surface area is 114 Å². The maximum atomic E-state index is 11.7. The molecule has 100 valence electrons. The van der Waals surface area contributed by atoms with Gasteiger partial charge in [0.2, 0.25) is 11.0 Å². The number of anilines is 1. The number of hydrogen-bond donors (Lipinski definition) is 1. The van der Waals surface area contributed by atoms with Gasteiger partial charge in [-0.2, -0.15) is 0 Å². The van der Waals surface area contributed by atoms with Crippen molar-refractivity contribution >= 4 is 22.4 Å². The van der Waals surface area contributed by atoms with Crippen LogP contribution in [0.2, 0.25) is 0 Å². The molecule has 0 fully saturated rings. The van der Waals surface area contributed by atoms with E-state index in [9.17, 15) is 9.59 Å². The standard InChI is InChI=1S/C12H14N4O2S/c1-2-10-14-15-12(19-10)13-9(17)6-8-16-7-4-3-5-11(16)18/h3-5,7H,2,6,8H2,1H3,(H,13,15,17).